The lowest BCUT2D eigenvalue weighted by atomic mass is 10.1. The summed E-state index contributed by atoms with van der Waals surface area (Å²) in [5.74, 6) is 0. The maximum atomic E-state index is 6.63. The molecule has 1 aliphatic rings. The maximum absolute atomic E-state index is 6.63. The van der Waals surface area contributed by atoms with E-state index in [-0.39, 0.29) is 24.6 Å². The Morgan fingerprint density at radius 1 is 0.538 bits per heavy atom. The van der Waals surface area contributed by atoms with E-state index in [2.05, 4.69) is 78.6 Å². The molecule has 156 valence electrons. The van der Waals surface area contributed by atoms with Gasteiger partial charge in [-0.3, -0.25) is 0 Å². The summed E-state index contributed by atoms with van der Waals surface area (Å²) in [5, 5.41) is 0. The van der Waals surface area contributed by atoms with Gasteiger partial charge in [0, 0.05) is 0 Å². The number of rotatable bonds is 8. The Kier molecular flexibility index (Phi) is 8.15. The van der Waals surface area contributed by atoms with Crippen molar-refractivity contribution in [1.29, 1.82) is 0 Å². The highest BCUT2D eigenvalue weighted by Crippen LogP contribution is 2.31. The van der Waals surface area contributed by atoms with Crippen molar-refractivity contribution in [2.24, 2.45) is 0 Å². The minimum atomic E-state index is -1.82. The third-order valence-electron chi connectivity index (χ3n) is 3.34. The van der Waals surface area contributed by atoms with Crippen LogP contribution in [0, 0.1) is 0 Å². The van der Waals surface area contributed by atoms with Crippen LogP contribution in [0.25, 0.3) is 0 Å². The Labute approximate surface area is 165 Å². The van der Waals surface area contributed by atoms with Gasteiger partial charge in [-0.1, -0.05) is 0 Å². The minimum Gasteiger partial charge on any atom is -0.410 e. The van der Waals surface area contributed by atoms with E-state index in [1.807, 2.05) is 0 Å². The van der Waals surface area contributed by atoms with Crippen LogP contribution < -0.4 is 0 Å². The molecule has 0 saturated carbocycles. The SMILES string of the molecule is C[Si](C)(C)O[C@H]1OC[C@H](O[Si](C)(C)C)[C@H](O[Si](C)(C)C)[C@H]1O[Si](C)(C)C. The molecule has 1 aliphatic heterocycles. The first-order valence-corrected chi connectivity index (χ1v) is 23.3. The van der Waals surface area contributed by atoms with Crippen molar-refractivity contribution in [1.82, 2.24) is 0 Å². The molecule has 0 aromatic carbocycles. The summed E-state index contributed by atoms with van der Waals surface area (Å²) < 4.78 is 32.2. The highest BCUT2D eigenvalue weighted by molar-refractivity contribution is 6.71. The van der Waals surface area contributed by atoms with Crippen molar-refractivity contribution in [3.05, 3.63) is 0 Å². The predicted octanol–water partition coefficient (Wildman–Crippen LogP) is 4.85. The molecule has 5 nitrogen and oxygen atoms in total. The first-order chi connectivity index (χ1) is 11.4. The van der Waals surface area contributed by atoms with Crippen molar-refractivity contribution in [3.63, 3.8) is 0 Å². The molecule has 0 unspecified atom stereocenters. The second-order valence-electron chi connectivity index (χ2n) is 11.1. The zero-order valence-corrected chi connectivity index (χ0v) is 23.1. The first-order valence-electron chi connectivity index (χ1n) is 9.69. The molecule has 0 radical (unpaired) electrons. The van der Waals surface area contributed by atoms with Crippen molar-refractivity contribution < 1.29 is 22.4 Å². The van der Waals surface area contributed by atoms with Crippen molar-refractivity contribution in [3.8, 4) is 0 Å². The van der Waals surface area contributed by atoms with E-state index in [1.165, 1.54) is 0 Å². The van der Waals surface area contributed by atoms with Gasteiger partial charge in [0.15, 0.2) is 39.6 Å². The van der Waals surface area contributed by atoms with E-state index < -0.39 is 33.3 Å². The fraction of sp³-hybridized carbons (Fsp3) is 1.00. The molecule has 0 N–H and O–H groups in total. The van der Waals surface area contributed by atoms with Crippen LogP contribution in [0.15, 0.2) is 0 Å². The topological polar surface area (TPSA) is 46.2 Å². The largest absolute Gasteiger partial charge is 0.410 e. The van der Waals surface area contributed by atoms with Crippen molar-refractivity contribution in [2.75, 3.05) is 6.61 Å². The number of hydrogen-bond donors (Lipinski definition) is 0. The van der Waals surface area contributed by atoms with Crippen LogP contribution in [0.3, 0.4) is 0 Å². The molecule has 0 aromatic rings. The Balaban J connectivity index is 3.20. The summed E-state index contributed by atoms with van der Waals surface area (Å²) in [7, 11) is -7.14. The lowest BCUT2D eigenvalue weighted by Crippen LogP contribution is -2.63. The van der Waals surface area contributed by atoms with Crippen LogP contribution in [0.1, 0.15) is 0 Å². The van der Waals surface area contributed by atoms with E-state index in [9.17, 15) is 0 Å². The highest BCUT2D eigenvalue weighted by Gasteiger charge is 2.48. The maximum Gasteiger partial charge on any atom is 0.187 e. The summed E-state index contributed by atoms with van der Waals surface area (Å²) in [6, 6.07) is 0. The minimum absolute atomic E-state index is 0.101. The average Bonchev–Trinajstić information content (AvgIpc) is 2.30. The number of hydrogen-bond acceptors (Lipinski definition) is 5. The lowest BCUT2D eigenvalue weighted by molar-refractivity contribution is -0.232. The van der Waals surface area contributed by atoms with Gasteiger partial charge >= 0.3 is 0 Å². The lowest BCUT2D eigenvalue weighted by Gasteiger charge is -2.48. The normalized spacial score (nSPS) is 29.1. The van der Waals surface area contributed by atoms with Crippen LogP contribution in [0.4, 0.5) is 0 Å². The summed E-state index contributed by atoms with van der Waals surface area (Å²) in [6.45, 7) is 26.9. The fourth-order valence-electron chi connectivity index (χ4n) is 2.83. The van der Waals surface area contributed by atoms with Crippen LogP contribution >= 0.6 is 0 Å². The van der Waals surface area contributed by atoms with Crippen LogP contribution in [-0.4, -0.2) is 64.5 Å². The predicted molar refractivity (Wildman–Crippen MR) is 119 cm³/mol. The summed E-state index contributed by atoms with van der Waals surface area (Å²) >= 11 is 0. The van der Waals surface area contributed by atoms with Crippen molar-refractivity contribution in [2.45, 2.75) is 103 Å². The summed E-state index contributed by atoms with van der Waals surface area (Å²) in [5.41, 5.74) is 0. The smallest absolute Gasteiger partial charge is 0.187 e. The van der Waals surface area contributed by atoms with Gasteiger partial charge in [0.2, 0.25) is 0 Å². The fourth-order valence-corrected chi connectivity index (χ4v) is 7.01. The summed E-state index contributed by atoms with van der Waals surface area (Å²) in [4.78, 5) is 0. The van der Waals surface area contributed by atoms with Crippen LogP contribution in [0.5, 0.6) is 0 Å². The Morgan fingerprint density at radius 2 is 0.923 bits per heavy atom. The van der Waals surface area contributed by atoms with Gasteiger partial charge in [-0.05, 0) is 78.6 Å². The Morgan fingerprint density at radius 3 is 1.31 bits per heavy atom. The molecular formula is C17H42O5Si4. The Bertz CT molecular complexity index is 406. The van der Waals surface area contributed by atoms with E-state index in [4.69, 9.17) is 22.4 Å². The molecule has 1 fully saturated rings. The van der Waals surface area contributed by atoms with Gasteiger partial charge in [-0.2, -0.15) is 0 Å². The van der Waals surface area contributed by atoms with Crippen LogP contribution in [0.2, 0.25) is 78.6 Å². The van der Waals surface area contributed by atoms with E-state index in [0.29, 0.717) is 6.61 Å². The zero-order valence-electron chi connectivity index (χ0n) is 19.1. The van der Waals surface area contributed by atoms with Crippen LogP contribution in [-0.2, 0) is 22.4 Å². The molecule has 26 heavy (non-hydrogen) atoms. The molecule has 0 aromatic heterocycles. The quantitative estimate of drug-likeness (QED) is 0.507. The zero-order chi connectivity index (χ0) is 20.6. The molecule has 0 spiro atoms. The number of ether oxygens (including phenoxy) is 1. The van der Waals surface area contributed by atoms with Gasteiger partial charge in [0.05, 0.1) is 12.7 Å². The third kappa shape index (κ3) is 9.74. The van der Waals surface area contributed by atoms with E-state index in [0.717, 1.165) is 0 Å². The monoisotopic (exact) mass is 438 g/mol. The van der Waals surface area contributed by atoms with E-state index >= 15 is 0 Å². The average molecular weight is 439 g/mol. The first kappa shape index (κ1) is 24.7. The molecule has 4 atom stereocenters. The Hall–Kier alpha value is 0.668. The molecule has 0 bridgehead atoms. The van der Waals surface area contributed by atoms with Gasteiger partial charge in [-0.25, -0.2) is 0 Å². The van der Waals surface area contributed by atoms with Gasteiger partial charge < -0.3 is 22.4 Å². The molecule has 1 rings (SSSR count). The standard InChI is InChI=1S/C17H42O5Si4/c1-23(2,3)19-14-13-18-17(22-26(10,11)12)16(21-25(7,8)9)15(14)20-24(4,5)6/h14-17H,13H2,1-12H3/t14-,15-,16+,17+/m0/s1. The summed E-state index contributed by atoms with van der Waals surface area (Å²) in [6.07, 6.45) is -0.863. The van der Waals surface area contributed by atoms with E-state index in [1.54, 1.807) is 0 Å². The molecule has 1 saturated heterocycles. The van der Waals surface area contributed by atoms with Gasteiger partial charge in [0.1, 0.15) is 12.2 Å². The molecule has 0 amide bonds. The van der Waals surface area contributed by atoms with Gasteiger partial charge in [-0.15, -0.1) is 0 Å². The molecule has 0 aliphatic carbocycles. The molecule has 1 heterocycles. The second-order valence-corrected chi connectivity index (χ2v) is 28.9. The highest BCUT2D eigenvalue weighted by atomic mass is 28.4. The van der Waals surface area contributed by atoms with Gasteiger partial charge in [0.25, 0.3) is 0 Å². The van der Waals surface area contributed by atoms with Crippen molar-refractivity contribution >= 4 is 33.3 Å². The molecule has 9 heteroatoms. The second kappa shape index (κ2) is 8.58. The molecular weight excluding hydrogens is 397 g/mol. The third-order valence-corrected chi connectivity index (χ3v) is 7.24.